The Morgan fingerprint density at radius 2 is 2.47 bits per heavy atom. The number of halogens is 1. The zero-order chi connectivity index (χ0) is 10.9. The van der Waals surface area contributed by atoms with Crippen LogP contribution in [0.15, 0.2) is 12.1 Å². The molecule has 0 radical (unpaired) electrons. The van der Waals surface area contributed by atoms with E-state index in [1.165, 1.54) is 24.0 Å². The van der Waals surface area contributed by atoms with E-state index in [1.54, 1.807) is 11.3 Å². The van der Waals surface area contributed by atoms with Gasteiger partial charge in [-0.25, -0.2) is 0 Å². The van der Waals surface area contributed by atoms with Gasteiger partial charge in [-0.3, -0.25) is 0 Å². The number of carbonyl (C=O) groups is 1. The summed E-state index contributed by atoms with van der Waals surface area (Å²) in [4.78, 5) is 12.6. The van der Waals surface area contributed by atoms with E-state index in [0.29, 0.717) is 5.92 Å². The smallest absolute Gasteiger partial charge is 0.126 e. The molecule has 0 spiro atoms. The van der Waals surface area contributed by atoms with Gasteiger partial charge in [0.1, 0.15) is 6.29 Å². The van der Waals surface area contributed by atoms with E-state index >= 15 is 0 Å². The molecule has 3 heteroatoms. The highest BCUT2D eigenvalue weighted by molar-refractivity contribution is 7.16. The Morgan fingerprint density at radius 1 is 1.67 bits per heavy atom. The van der Waals surface area contributed by atoms with Crippen molar-refractivity contribution < 1.29 is 4.79 Å². The molecule has 0 aliphatic heterocycles. The highest BCUT2D eigenvalue weighted by Crippen LogP contribution is 2.45. The molecule has 15 heavy (non-hydrogen) atoms. The molecule has 1 aliphatic carbocycles. The van der Waals surface area contributed by atoms with Crippen LogP contribution in [-0.2, 0) is 11.2 Å². The molecule has 1 aromatic heterocycles. The zero-order valence-electron chi connectivity index (χ0n) is 8.83. The van der Waals surface area contributed by atoms with Crippen molar-refractivity contribution in [3.63, 3.8) is 0 Å². The maximum atomic E-state index is 11.3. The summed E-state index contributed by atoms with van der Waals surface area (Å²) in [7, 11) is 0. The fraction of sp³-hybridized carbons (Fsp3) is 0.583. The molecular weight excluding hydrogens is 228 g/mol. The van der Waals surface area contributed by atoms with Gasteiger partial charge in [0.15, 0.2) is 0 Å². The van der Waals surface area contributed by atoms with Crippen LogP contribution in [0.25, 0.3) is 0 Å². The Morgan fingerprint density at radius 3 is 2.93 bits per heavy atom. The second-order valence-electron chi connectivity index (χ2n) is 4.53. The monoisotopic (exact) mass is 242 g/mol. The third-order valence-corrected chi connectivity index (χ3v) is 4.86. The molecule has 1 fully saturated rings. The third-order valence-electron chi connectivity index (χ3n) is 3.63. The Hall–Kier alpha value is -0.340. The summed E-state index contributed by atoms with van der Waals surface area (Å²) in [5, 5.41) is 0. The van der Waals surface area contributed by atoms with E-state index in [9.17, 15) is 4.79 Å². The molecule has 2 atom stereocenters. The standard InChI is InChI=1S/C12H15ClOS/c1-9-3-2-6-12(9,8-14)7-10-4-5-11(13)15-10/h4-5,8-9H,2-3,6-7H2,1H3. The van der Waals surface area contributed by atoms with Gasteiger partial charge >= 0.3 is 0 Å². The average molecular weight is 243 g/mol. The molecule has 82 valence electrons. The maximum Gasteiger partial charge on any atom is 0.126 e. The number of hydrogen-bond acceptors (Lipinski definition) is 2. The molecule has 1 aromatic rings. The highest BCUT2D eigenvalue weighted by atomic mass is 35.5. The molecular formula is C12H15ClOS. The number of carbonyl (C=O) groups excluding carboxylic acids is 1. The van der Waals surface area contributed by atoms with Crippen LogP contribution >= 0.6 is 22.9 Å². The van der Waals surface area contributed by atoms with Crippen molar-refractivity contribution in [3.8, 4) is 0 Å². The lowest BCUT2D eigenvalue weighted by Gasteiger charge is -2.26. The first kappa shape index (κ1) is 11.2. The van der Waals surface area contributed by atoms with E-state index in [2.05, 4.69) is 6.92 Å². The van der Waals surface area contributed by atoms with Gasteiger partial charge in [0.25, 0.3) is 0 Å². The van der Waals surface area contributed by atoms with Crippen LogP contribution in [0.5, 0.6) is 0 Å². The summed E-state index contributed by atoms with van der Waals surface area (Å²) < 4.78 is 0.816. The van der Waals surface area contributed by atoms with Gasteiger partial charge in [0.2, 0.25) is 0 Å². The first-order chi connectivity index (χ1) is 7.16. The quantitative estimate of drug-likeness (QED) is 0.734. The minimum atomic E-state index is -0.117. The van der Waals surface area contributed by atoms with E-state index in [1.807, 2.05) is 12.1 Å². The summed E-state index contributed by atoms with van der Waals surface area (Å²) in [5.74, 6) is 0.510. The van der Waals surface area contributed by atoms with Gasteiger partial charge in [-0.1, -0.05) is 24.9 Å². The summed E-state index contributed by atoms with van der Waals surface area (Å²) in [6.07, 6.45) is 5.44. The highest BCUT2D eigenvalue weighted by Gasteiger charge is 2.40. The number of aldehydes is 1. The lowest BCUT2D eigenvalue weighted by Crippen LogP contribution is -2.27. The fourth-order valence-corrected chi connectivity index (χ4v) is 3.75. The summed E-state index contributed by atoms with van der Waals surface area (Å²) >= 11 is 7.50. The van der Waals surface area contributed by atoms with Crippen LogP contribution < -0.4 is 0 Å². The van der Waals surface area contributed by atoms with Crippen LogP contribution in [0.2, 0.25) is 4.34 Å². The predicted octanol–water partition coefficient (Wildman–Crippen LogP) is 3.95. The Labute approximate surface area is 99.5 Å². The molecule has 0 amide bonds. The van der Waals surface area contributed by atoms with Crippen molar-refractivity contribution in [2.75, 3.05) is 0 Å². The predicted molar refractivity (Wildman–Crippen MR) is 64.5 cm³/mol. The molecule has 1 nitrogen and oxygen atoms in total. The van der Waals surface area contributed by atoms with Crippen LogP contribution in [0.3, 0.4) is 0 Å². The van der Waals surface area contributed by atoms with Gasteiger partial charge in [0.05, 0.1) is 4.34 Å². The topological polar surface area (TPSA) is 17.1 Å². The fourth-order valence-electron chi connectivity index (χ4n) is 2.52. The van der Waals surface area contributed by atoms with Crippen LogP contribution in [0.4, 0.5) is 0 Å². The number of hydrogen-bond donors (Lipinski definition) is 0. The summed E-state index contributed by atoms with van der Waals surface area (Å²) in [6.45, 7) is 2.19. The van der Waals surface area contributed by atoms with E-state index in [4.69, 9.17) is 11.6 Å². The van der Waals surface area contributed by atoms with Gasteiger partial charge in [-0.05, 0) is 37.3 Å². The summed E-state index contributed by atoms with van der Waals surface area (Å²) in [5.41, 5.74) is -0.117. The number of rotatable bonds is 3. The molecule has 2 rings (SSSR count). The van der Waals surface area contributed by atoms with Crippen molar-refractivity contribution in [2.45, 2.75) is 32.6 Å². The normalized spacial score (nSPS) is 30.7. The van der Waals surface area contributed by atoms with Gasteiger partial charge in [-0.2, -0.15) is 0 Å². The van der Waals surface area contributed by atoms with Gasteiger partial charge in [0, 0.05) is 10.3 Å². The third kappa shape index (κ3) is 2.11. The van der Waals surface area contributed by atoms with E-state index in [-0.39, 0.29) is 5.41 Å². The van der Waals surface area contributed by atoms with Gasteiger partial charge in [-0.15, -0.1) is 11.3 Å². The minimum absolute atomic E-state index is 0.117. The van der Waals surface area contributed by atoms with Crippen molar-refractivity contribution >= 4 is 29.2 Å². The average Bonchev–Trinajstić information content (AvgIpc) is 2.76. The Bertz CT molecular complexity index is 360. The maximum absolute atomic E-state index is 11.3. The molecule has 0 N–H and O–H groups in total. The largest absolute Gasteiger partial charge is 0.303 e. The van der Waals surface area contributed by atoms with E-state index in [0.717, 1.165) is 17.2 Å². The first-order valence-corrected chi connectivity index (χ1v) is 6.56. The van der Waals surface area contributed by atoms with Crippen LogP contribution in [-0.4, -0.2) is 6.29 Å². The number of thiophene rings is 1. The minimum Gasteiger partial charge on any atom is -0.303 e. The molecule has 0 bridgehead atoms. The molecule has 1 aliphatic rings. The van der Waals surface area contributed by atoms with Crippen LogP contribution in [0.1, 0.15) is 31.1 Å². The van der Waals surface area contributed by atoms with Crippen LogP contribution in [0, 0.1) is 11.3 Å². The molecule has 1 heterocycles. The van der Waals surface area contributed by atoms with Crippen molar-refractivity contribution in [3.05, 3.63) is 21.3 Å². The van der Waals surface area contributed by atoms with Crippen molar-refractivity contribution in [1.82, 2.24) is 0 Å². The molecule has 0 saturated heterocycles. The second kappa shape index (κ2) is 4.26. The molecule has 1 saturated carbocycles. The zero-order valence-corrected chi connectivity index (χ0v) is 10.4. The second-order valence-corrected chi connectivity index (χ2v) is 6.33. The van der Waals surface area contributed by atoms with Gasteiger partial charge < -0.3 is 4.79 Å². The lowest BCUT2D eigenvalue weighted by atomic mass is 9.77. The summed E-state index contributed by atoms with van der Waals surface area (Å²) in [6, 6.07) is 3.96. The molecule has 0 aromatic carbocycles. The van der Waals surface area contributed by atoms with E-state index < -0.39 is 0 Å². The molecule has 2 unspecified atom stereocenters. The SMILES string of the molecule is CC1CCCC1(C=O)Cc1ccc(Cl)s1. The first-order valence-electron chi connectivity index (χ1n) is 5.37. The van der Waals surface area contributed by atoms with Crippen molar-refractivity contribution in [2.24, 2.45) is 11.3 Å². The Balaban J connectivity index is 2.18. The Kier molecular flexibility index (Phi) is 3.17. The lowest BCUT2D eigenvalue weighted by molar-refractivity contribution is -0.117. The van der Waals surface area contributed by atoms with Crippen molar-refractivity contribution in [1.29, 1.82) is 0 Å².